The van der Waals surface area contributed by atoms with Gasteiger partial charge in [0.15, 0.2) is 0 Å². The highest BCUT2D eigenvalue weighted by Crippen LogP contribution is 2.30. The molecule has 0 saturated heterocycles. The molecule has 0 unspecified atom stereocenters. The first-order valence-electron chi connectivity index (χ1n) is 9.18. The van der Waals surface area contributed by atoms with Crippen LogP contribution in [-0.4, -0.2) is 37.7 Å². The van der Waals surface area contributed by atoms with E-state index < -0.39 is 5.97 Å². The van der Waals surface area contributed by atoms with Gasteiger partial charge in [-0.15, -0.1) is 0 Å². The Morgan fingerprint density at radius 2 is 1.90 bits per heavy atom. The van der Waals surface area contributed by atoms with Crippen LogP contribution < -0.4 is 5.56 Å². The second-order valence-electron chi connectivity index (χ2n) is 6.33. The van der Waals surface area contributed by atoms with Crippen molar-refractivity contribution in [2.75, 3.05) is 6.61 Å². The monoisotopic (exact) mass is 389 g/mol. The highest BCUT2D eigenvalue weighted by molar-refractivity contribution is 5.98. The summed E-state index contributed by atoms with van der Waals surface area (Å²) in [5, 5.41) is 5.19. The molecule has 146 valence electrons. The summed E-state index contributed by atoms with van der Waals surface area (Å²) >= 11 is 0. The number of hydrogen-bond acceptors (Lipinski definition) is 5. The molecule has 0 radical (unpaired) electrons. The fraction of sp³-hybridized carbons (Fsp3) is 0.143. The lowest BCUT2D eigenvalue weighted by Gasteiger charge is -2.09. The van der Waals surface area contributed by atoms with Gasteiger partial charge in [0.2, 0.25) is 0 Å². The second-order valence-corrected chi connectivity index (χ2v) is 6.33. The Morgan fingerprint density at radius 1 is 1.10 bits per heavy atom. The smallest absolute Gasteiger partial charge is 0.340 e. The van der Waals surface area contributed by atoms with E-state index in [0.717, 1.165) is 16.8 Å². The molecule has 4 aromatic rings. The van der Waals surface area contributed by atoms with E-state index in [1.165, 1.54) is 0 Å². The Bertz CT molecular complexity index is 1190. The van der Waals surface area contributed by atoms with Crippen LogP contribution in [0.25, 0.3) is 22.4 Å². The van der Waals surface area contributed by atoms with Crippen LogP contribution in [0.3, 0.4) is 0 Å². The number of nitrogens with zero attached hydrogens (tertiary/aromatic N) is 2. The van der Waals surface area contributed by atoms with Gasteiger partial charge in [0, 0.05) is 42.5 Å². The van der Waals surface area contributed by atoms with Gasteiger partial charge in [-0.25, -0.2) is 4.79 Å². The first-order chi connectivity index (χ1) is 14.2. The lowest BCUT2D eigenvalue weighted by Crippen LogP contribution is -2.07. The molecule has 8 heteroatoms. The number of carbonyl (C=O) groups is 1. The predicted molar refractivity (Wildman–Crippen MR) is 107 cm³/mol. The molecule has 0 bridgehead atoms. The summed E-state index contributed by atoms with van der Waals surface area (Å²) in [7, 11) is 0. The van der Waals surface area contributed by atoms with E-state index in [0.29, 0.717) is 28.9 Å². The van der Waals surface area contributed by atoms with E-state index >= 15 is 0 Å². The highest BCUT2D eigenvalue weighted by Gasteiger charge is 2.22. The van der Waals surface area contributed by atoms with Gasteiger partial charge in [-0.05, 0) is 12.5 Å². The van der Waals surface area contributed by atoms with Crippen molar-refractivity contribution < 1.29 is 9.53 Å². The topological polar surface area (TPSA) is 117 Å². The van der Waals surface area contributed by atoms with Gasteiger partial charge in [0.05, 0.1) is 29.1 Å². The van der Waals surface area contributed by atoms with Crippen LogP contribution in [0.5, 0.6) is 0 Å². The highest BCUT2D eigenvalue weighted by atomic mass is 16.5. The SMILES string of the molecule is CCOC(=O)c1c[nH]c(Cc2nccnc2-c2c[nH][nH]c2=O)c1-c1ccccc1. The molecule has 0 amide bonds. The lowest BCUT2D eigenvalue weighted by molar-refractivity contribution is 0.0527. The molecule has 0 aliphatic rings. The minimum absolute atomic E-state index is 0.270. The number of nitrogens with one attached hydrogen (secondary N) is 3. The average molecular weight is 389 g/mol. The van der Waals surface area contributed by atoms with Gasteiger partial charge in [0.25, 0.3) is 5.56 Å². The quantitative estimate of drug-likeness (QED) is 0.439. The lowest BCUT2D eigenvalue weighted by atomic mass is 9.98. The zero-order valence-corrected chi connectivity index (χ0v) is 15.7. The van der Waals surface area contributed by atoms with E-state index in [4.69, 9.17) is 4.74 Å². The first kappa shape index (κ1) is 18.4. The van der Waals surface area contributed by atoms with Crippen molar-refractivity contribution >= 4 is 5.97 Å². The maximum absolute atomic E-state index is 12.5. The molecule has 8 nitrogen and oxygen atoms in total. The zero-order valence-electron chi connectivity index (χ0n) is 15.7. The second kappa shape index (κ2) is 7.97. The van der Waals surface area contributed by atoms with Crippen molar-refractivity contribution in [3.05, 3.63) is 82.4 Å². The molecule has 0 aliphatic carbocycles. The Morgan fingerprint density at radius 3 is 2.62 bits per heavy atom. The fourth-order valence-corrected chi connectivity index (χ4v) is 3.28. The first-order valence-corrected chi connectivity index (χ1v) is 9.18. The Hall–Kier alpha value is -3.94. The molecule has 29 heavy (non-hydrogen) atoms. The van der Waals surface area contributed by atoms with Gasteiger partial charge in [-0.1, -0.05) is 30.3 Å². The Balaban J connectivity index is 1.81. The Kier molecular flexibility index (Phi) is 5.07. The van der Waals surface area contributed by atoms with Crippen molar-refractivity contribution in [2.45, 2.75) is 13.3 Å². The molecular weight excluding hydrogens is 370 g/mol. The van der Waals surface area contributed by atoms with Crippen LogP contribution in [0.2, 0.25) is 0 Å². The van der Waals surface area contributed by atoms with Crippen LogP contribution >= 0.6 is 0 Å². The van der Waals surface area contributed by atoms with Crippen molar-refractivity contribution in [2.24, 2.45) is 0 Å². The van der Waals surface area contributed by atoms with Crippen LogP contribution in [0, 0.1) is 0 Å². The minimum atomic E-state index is -0.393. The summed E-state index contributed by atoms with van der Waals surface area (Å²) in [6, 6.07) is 9.61. The van der Waals surface area contributed by atoms with Crippen LogP contribution in [0.15, 0.2) is 59.9 Å². The summed E-state index contributed by atoms with van der Waals surface area (Å²) in [5.74, 6) is -0.393. The Labute approximate surface area is 166 Å². The van der Waals surface area contributed by atoms with E-state index in [1.54, 1.807) is 31.7 Å². The summed E-state index contributed by atoms with van der Waals surface area (Å²) in [6.07, 6.45) is 6.69. The van der Waals surface area contributed by atoms with Crippen molar-refractivity contribution in [3.63, 3.8) is 0 Å². The predicted octanol–water partition coefficient (Wildman–Crippen LogP) is 2.92. The van der Waals surface area contributed by atoms with E-state index in [-0.39, 0.29) is 12.2 Å². The van der Waals surface area contributed by atoms with Crippen molar-refractivity contribution in [3.8, 4) is 22.4 Å². The van der Waals surface area contributed by atoms with Gasteiger partial charge in [-0.3, -0.25) is 19.9 Å². The van der Waals surface area contributed by atoms with Gasteiger partial charge in [0.1, 0.15) is 0 Å². The van der Waals surface area contributed by atoms with Crippen molar-refractivity contribution in [1.29, 1.82) is 0 Å². The number of H-pyrrole nitrogens is 3. The van der Waals surface area contributed by atoms with E-state index in [9.17, 15) is 9.59 Å². The summed E-state index contributed by atoms with van der Waals surface area (Å²) in [4.78, 5) is 36.5. The number of benzene rings is 1. The molecule has 3 aromatic heterocycles. The third-order valence-corrected chi connectivity index (χ3v) is 4.54. The maximum atomic E-state index is 12.5. The number of esters is 1. The molecule has 0 fully saturated rings. The van der Waals surface area contributed by atoms with Crippen molar-refractivity contribution in [1.82, 2.24) is 25.1 Å². The maximum Gasteiger partial charge on any atom is 0.340 e. The molecule has 1 aromatic carbocycles. The van der Waals surface area contributed by atoms with E-state index in [2.05, 4.69) is 25.1 Å². The number of carbonyl (C=O) groups excluding carboxylic acids is 1. The molecule has 0 spiro atoms. The number of ether oxygens (including phenoxy) is 1. The summed E-state index contributed by atoms with van der Waals surface area (Å²) in [5.41, 5.74) is 4.12. The third kappa shape index (κ3) is 3.60. The number of rotatable bonds is 6. The van der Waals surface area contributed by atoms with Crippen LogP contribution in [-0.2, 0) is 11.2 Å². The number of aromatic nitrogens is 5. The molecular formula is C21H19N5O3. The van der Waals surface area contributed by atoms with Gasteiger partial charge >= 0.3 is 5.97 Å². The standard InChI is InChI=1S/C21H19N5O3/c1-2-29-21(28)14-11-24-16(18(14)13-6-4-3-5-7-13)10-17-19(23-9-8-22-17)15-12-25-26-20(15)27/h3-9,11-12,24H,2,10H2,1H3,(H2,25,26,27). The molecule has 4 rings (SSSR count). The molecule has 0 atom stereocenters. The average Bonchev–Trinajstić information content (AvgIpc) is 3.35. The van der Waals surface area contributed by atoms with Gasteiger partial charge < -0.3 is 14.8 Å². The summed E-state index contributed by atoms with van der Waals surface area (Å²) < 4.78 is 5.22. The molecule has 0 saturated carbocycles. The minimum Gasteiger partial charge on any atom is -0.462 e. The van der Waals surface area contributed by atoms with Gasteiger partial charge in [-0.2, -0.15) is 0 Å². The third-order valence-electron chi connectivity index (χ3n) is 4.54. The van der Waals surface area contributed by atoms with Crippen LogP contribution in [0.1, 0.15) is 28.7 Å². The molecule has 0 aliphatic heterocycles. The largest absolute Gasteiger partial charge is 0.462 e. The number of hydrogen-bond donors (Lipinski definition) is 3. The molecule has 3 heterocycles. The molecule has 3 N–H and O–H groups in total. The summed E-state index contributed by atoms with van der Waals surface area (Å²) in [6.45, 7) is 2.06. The van der Waals surface area contributed by atoms with Crippen LogP contribution in [0.4, 0.5) is 0 Å². The number of aromatic amines is 3. The fourth-order valence-electron chi connectivity index (χ4n) is 3.28. The zero-order chi connectivity index (χ0) is 20.2. The normalized spacial score (nSPS) is 10.8. The van der Waals surface area contributed by atoms with E-state index in [1.807, 2.05) is 30.3 Å².